The lowest BCUT2D eigenvalue weighted by molar-refractivity contribution is -0.335. The first-order chi connectivity index (χ1) is 3.50. The van der Waals surface area contributed by atoms with Crippen LogP contribution in [-0.2, 0) is 0 Å². The first-order valence-electron chi connectivity index (χ1n) is 1.56. The predicted octanol–water partition coefficient (Wildman–Crippen LogP) is 1.62. The van der Waals surface area contributed by atoms with Crippen LogP contribution in [0.2, 0.25) is 0 Å². The Kier molecular flexibility index (Phi) is 2.14. The summed E-state index contributed by atoms with van der Waals surface area (Å²) in [5.74, 6) is 0. The second kappa shape index (κ2) is 2.25. The molecule has 0 spiro atoms. The minimum atomic E-state index is -4.62. The molecule has 0 atom stereocenters. The monoisotopic (exact) mass is 135 g/mol. The number of halogens is 5. The van der Waals surface area contributed by atoms with E-state index in [1.54, 1.807) is 0 Å². The highest BCUT2D eigenvalue weighted by atomic mass is 19.4. The fourth-order valence-electron chi connectivity index (χ4n) is 0.0452. The molecule has 6 heteroatoms. The number of hydrogen-bond acceptors (Lipinski definition) is 1. The Labute approximate surface area is 41.6 Å². The average molecular weight is 135 g/mol. The first kappa shape index (κ1) is 7.61. The highest BCUT2D eigenvalue weighted by Crippen LogP contribution is 2.20. The van der Waals surface area contributed by atoms with Gasteiger partial charge in [0.1, 0.15) is 0 Å². The standard InChI is InChI=1S/C2H2F5N/c3-1-2(4,5)8(6)7/h1H2. The van der Waals surface area contributed by atoms with Gasteiger partial charge in [-0.25, -0.2) is 4.39 Å². The smallest absolute Gasteiger partial charge is 0.243 e. The van der Waals surface area contributed by atoms with Crippen LogP contribution in [0.25, 0.3) is 0 Å². The molecule has 0 N–H and O–H groups in total. The van der Waals surface area contributed by atoms with Crippen molar-refractivity contribution in [2.75, 3.05) is 6.67 Å². The topological polar surface area (TPSA) is 3.24 Å². The zero-order valence-electron chi connectivity index (χ0n) is 3.54. The summed E-state index contributed by atoms with van der Waals surface area (Å²) in [4.78, 5) is 0. The van der Waals surface area contributed by atoms with Gasteiger partial charge in [0, 0.05) is 0 Å². The second-order valence-corrected chi connectivity index (χ2v) is 1.03. The van der Waals surface area contributed by atoms with Gasteiger partial charge in [-0.1, -0.05) is 8.96 Å². The van der Waals surface area contributed by atoms with Gasteiger partial charge in [-0.05, 0) is 0 Å². The lowest BCUT2D eigenvalue weighted by Gasteiger charge is -2.09. The van der Waals surface area contributed by atoms with Crippen molar-refractivity contribution in [3.05, 3.63) is 0 Å². The summed E-state index contributed by atoms with van der Waals surface area (Å²) in [6, 6.07) is -4.62. The molecule has 0 rings (SSSR count). The van der Waals surface area contributed by atoms with E-state index >= 15 is 0 Å². The van der Waals surface area contributed by atoms with Crippen molar-refractivity contribution in [2.45, 2.75) is 6.05 Å². The molecule has 0 amide bonds. The van der Waals surface area contributed by atoms with E-state index in [4.69, 9.17) is 0 Å². The van der Waals surface area contributed by atoms with Crippen LogP contribution < -0.4 is 0 Å². The molecule has 0 bridgehead atoms. The maximum absolute atomic E-state index is 11.1. The fraction of sp³-hybridized carbons (Fsp3) is 1.00. The maximum Gasteiger partial charge on any atom is 0.385 e. The van der Waals surface area contributed by atoms with Crippen molar-refractivity contribution >= 4 is 0 Å². The van der Waals surface area contributed by atoms with Crippen LogP contribution in [-0.4, -0.2) is 18.1 Å². The number of rotatable bonds is 2. The third-order valence-electron chi connectivity index (χ3n) is 0.408. The molecule has 0 heterocycles. The highest BCUT2D eigenvalue weighted by Gasteiger charge is 2.39. The van der Waals surface area contributed by atoms with Crippen molar-refractivity contribution in [2.24, 2.45) is 0 Å². The van der Waals surface area contributed by atoms with Crippen LogP contribution in [0.3, 0.4) is 0 Å². The van der Waals surface area contributed by atoms with Gasteiger partial charge in [0.2, 0.25) is 0 Å². The molecule has 0 aliphatic carbocycles. The Bertz CT molecular complexity index is 70.8. The zero-order valence-corrected chi connectivity index (χ0v) is 3.54. The summed E-state index contributed by atoms with van der Waals surface area (Å²) in [6.45, 7) is -2.38. The molecule has 0 aromatic rings. The van der Waals surface area contributed by atoms with Gasteiger partial charge in [-0.3, -0.25) is 0 Å². The second-order valence-electron chi connectivity index (χ2n) is 1.03. The molecule has 0 aromatic heterocycles. The molecule has 0 saturated carbocycles. The van der Waals surface area contributed by atoms with E-state index in [0.717, 1.165) is 0 Å². The van der Waals surface area contributed by atoms with E-state index in [1.165, 1.54) is 0 Å². The zero-order chi connectivity index (χ0) is 6.78. The van der Waals surface area contributed by atoms with Gasteiger partial charge in [0.25, 0.3) is 0 Å². The van der Waals surface area contributed by atoms with Gasteiger partial charge < -0.3 is 0 Å². The van der Waals surface area contributed by atoms with Gasteiger partial charge in [-0.2, -0.15) is 8.78 Å². The van der Waals surface area contributed by atoms with Crippen molar-refractivity contribution in [3.63, 3.8) is 0 Å². The molecule has 0 aromatic carbocycles. The predicted molar refractivity (Wildman–Crippen MR) is 15.0 cm³/mol. The highest BCUT2D eigenvalue weighted by molar-refractivity contribution is 4.50. The molecule has 0 aliphatic rings. The Morgan fingerprint density at radius 2 is 1.62 bits per heavy atom. The Hall–Kier alpha value is -0.390. The van der Waals surface area contributed by atoms with Crippen LogP contribution in [0.15, 0.2) is 0 Å². The van der Waals surface area contributed by atoms with E-state index < -0.39 is 18.1 Å². The molecule has 0 fully saturated rings. The van der Waals surface area contributed by atoms with Crippen molar-refractivity contribution in [3.8, 4) is 0 Å². The normalized spacial score (nSPS) is 12.8. The van der Waals surface area contributed by atoms with Crippen LogP contribution in [0.1, 0.15) is 0 Å². The van der Waals surface area contributed by atoms with E-state index in [2.05, 4.69) is 0 Å². The number of hydrogen-bond donors (Lipinski definition) is 0. The molecular weight excluding hydrogens is 133 g/mol. The van der Waals surface area contributed by atoms with Crippen molar-refractivity contribution < 1.29 is 22.1 Å². The maximum atomic E-state index is 11.1. The number of alkyl halides is 3. The lowest BCUT2D eigenvalue weighted by atomic mass is 10.6. The van der Waals surface area contributed by atoms with E-state index in [9.17, 15) is 22.1 Å². The first-order valence-corrected chi connectivity index (χ1v) is 1.56. The summed E-state index contributed by atoms with van der Waals surface area (Å²) >= 11 is 0. The fourth-order valence-corrected chi connectivity index (χ4v) is 0.0452. The summed E-state index contributed by atoms with van der Waals surface area (Å²) in [5.41, 5.74) is 0. The Balaban J connectivity index is 3.71. The molecule has 0 unspecified atom stereocenters. The average Bonchev–Trinajstić information content (AvgIpc) is 1.67. The van der Waals surface area contributed by atoms with Crippen LogP contribution in [0.5, 0.6) is 0 Å². The minimum absolute atomic E-state index is 2.38. The molecule has 0 aliphatic heterocycles. The molecule has 0 radical (unpaired) electrons. The minimum Gasteiger partial charge on any atom is -0.243 e. The Morgan fingerprint density at radius 1 is 1.25 bits per heavy atom. The van der Waals surface area contributed by atoms with Crippen molar-refractivity contribution in [1.29, 1.82) is 0 Å². The van der Waals surface area contributed by atoms with Crippen LogP contribution in [0, 0.1) is 0 Å². The largest absolute Gasteiger partial charge is 0.385 e. The molecule has 50 valence electrons. The molecule has 1 nitrogen and oxygen atoms in total. The van der Waals surface area contributed by atoms with E-state index in [1.807, 2.05) is 0 Å². The SMILES string of the molecule is FCC(F)(F)N(F)F. The van der Waals surface area contributed by atoms with Crippen LogP contribution >= 0.6 is 0 Å². The number of nitrogens with zero attached hydrogens (tertiary/aromatic N) is 1. The van der Waals surface area contributed by atoms with Crippen molar-refractivity contribution in [1.82, 2.24) is 5.34 Å². The Morgan fingerprint density at radius 3 is 1.62 bits per heavy atom. The molecule has 8 heavy (non-hydrogen) atoms. The summed E-state index contributed by atoms with van der Waals surface area (Å²) in [5, 5.41) is -2.47. The third kappa shape index (κ3) is 1.61. The summed E-state index contributed by atoms with van der Waals surface area (Å²) in [6.07, 6.45) is 0. The van der Waals surface area contributed by atoms with E-state index in [0.29, 0.717) is 0 Å². The quantitative estimate of drug-likeness (QED) is 0.316. The van der Waals surface area contributed by atoms with Gasteiger partial charge >= 0.3 is 6.05 Å². The van der Waals surface area contributed by atoms with Gasteiger partial charge in [0.05, 0.1) is 5.34 Å². The molecular formula is C2H2F5N. The summed E-state index contributed by atoms with van der Waals surface area (Å²) in [7, 11) is 0. The molecule has 0 saturated heterocycles. The van der Waals surface area contributed by atoms with Crippen LogP contribution in [0.4, 0.5) is 22.1 Å². The van der Waals surface area contributed by atoms with Gasteiger partial charge in [0.15, 0.2) is 6.67 Å². The third-order valence-corrected chi connectivity index (χ3v) is 0.408. The van der Waals surface area contributed by atoms with E-state index in [-0.39, 0.29) is 0 Å². The summed E-state index contributed by atoms with van der Waals surface area (Å²) < 4.78 is 54.2. The lowest BCUT2D eigenvalue weighted by Crippen LogP contribution is -2.31. The van der Waals surface area contributed by atoms with Gasteiger partial charge in [-0.15, -0.1) is 0 Å².